The average Bonchev–Trinajstić information content (AvgIpc) is 2.98. The summed E-state index contributed by atoms with van der Waals surface area (Å²) in [5.41, 5.74) is 1.27. The van der Waals surface area contributed by atoms with Gasteiger partial charge in [0.25, 0.3) is 5.56 Å². The molecule has 24 heavy (non-hydrogen) atoms. The number of halogens is 1. The predicted octanol–water partition coefficient (Wildman–Crippen LogP) is 4.07. The molecule has 3 aromatic rings. The number of hydrogen-bond donors (Lipinski definition) is 0. The third kappa shape index (κ3) is 2.82. The SMILES string of the molecule is O=c1c2c3c(sc2ncn1CCOc1ccccc1Cl)CCCC3. The Morgan fingerprint density at radius 2 is 2.08 bits per heavy atom. The van der Waals surface area contributed by atoms with E-state index in [4.69, 9.17) is 16.3 Å². The maximum absolute atomic E-state index is 12.8. The van der Waals surface area contributed by atoms with Crippen LogP contribution in [0.5, 0.6) is 5.75 Å². The lowest BCUT2D eigenvalue weighted by Gasteiger charge is -2.11. The molecule has 0 atom stereocenters. The van der Waals surface area contributed by atoms with Gasteiger partial charge in [-0.3, -0.25) is 9.36 Å². The summed E-state index contributed by atoms with van der Waals surface area (Å²) >= 11 is 7.75. The van der Waals surface area contributed by atoms with E-state index < -0.39 is 0 Å². The highest BCUT2D eigenvalue weighted by Gasteiger charge is 2.19. The lowest BCUT2D eigenvalue weighted by Crippen LogP contribution is -2.24. The molecule has 1 aliphatic rings. The molecule has 2 aromatic heterocycles. The summed E-state index contributed by atoms with van der Waals surface area (Å²) in [4.78, 5) is 19.5. The second kappa shape index (κ2) is 6.57. The summed E-state index contributed by atoms with van der Waals surface area (Å²) in [7, 11) is 0. The van der Waals surface area contributed by atoms with Crippen LogP contribution in [0.4, 0.5) is 0 Å². The maximum atomic E-state index is 12.8. The van der Waals surface area contributed by atoms with Crippen molar-refractivity contribution < 1.29 is 4.74 Å². The van der Waals surface area contributed by atoms with Crippen LogP contribution in [0.25, 0.3) is 10.2 Å². The van der Waals surface area contributed by atoms with Crippen LogP contribution in [-0.4, -0.2) is 16.2 Å². The van der Waals surface area contributed by atoms with Gasteiger partial charge in [-0.15, -0.1) is 11.3 Å². The van der Waals surface area contributed by atoms with E-state index in [1.54, 1.807) is 28.3 Å². The van der Waals surface area contributed by atoms with E-state index in [2.05, 4.69) is 4.98 Å². The minimum absolute atomic E-state index is 0.0437. The summed E-state index contributed by atoms with van der Waals surface area (Å²) in [6, 6.07) is 7.34. The summed E-state index contributed by atoms with van der Waals surface area (Å²) in [5.74, 6) is 0.633. The molecule has 0 spiro atoms. The van der Waals surface area contributed by atoms with Gasteiger partial charge in [0.05, 0.1) is 23.3 Å². The quantitative estimate of drug-likeness (QED) is 0.704. The Morgan fingerprint density at radius 3 is 2.96 bits per heavy atom. The molecule has 0 saturated heterocycles. The minimum atomic E-state index is 0.0437. The summed E-state index contributed by atoms with van der Waals surface area (Å²) in [5, 5.41) is 1.39. The second-order valence-electron chi connectivity index (χ2n) is 5.91. The molecule has 0 saturated carbocycles. The molecule has 6 heteroatoms. The number of aromatic nitrogens is 2. The number of fused-ring (bicyclic) bond motifs is 3. The Balaban J connectivity index is 1.57. The zero-order valence-electron chi connectivity index (χ0n) is 13.1. The molecule has 124 valence electrons. The van der Waals surface area contributed by atoms with Gasteiger partial charge in [-0.2, -0.15) is 0 Å². The highest BCUT2D eigenvalue weighted by atomic mass is 35.5. The Hall–Kier alpha value is -1.85. The van der Waals surface area contributed by atoms with Crippen molar-refractivity contribution in [1.82, 2.24) is 9.55 Å². The van der Waals surface area contributed by atoms with Crippen molar-refractivity contribution >= 4 is 33.2 Å². The molecular formula is C18H17ClN2O2S. The van der Waals surface area contributed by atoms with Crippen LogP contribution < -0.4 is 10.3 Å². The third-order valence-corrected chi connectivity index (χ3v) is 5.88. The number of thiophene rings is 1. The number of hydrogen-bond acceptors (Lipinski definition) is 4. The first-order valence-corrected chi connectivity index (χ1v) is 9.30. The zero-order chi connectivity index (χ0) is 16.5. The van der Waals surface area contributed by atoms with Crippen LogP contribution in [-0.2, 0) is 19.4 Å². The number of rotatable bonds is 4. The van der Waals surface area contributed by atoms with Gasteiger partial charge in [0.15, 0.2) is 0 Å². The van der Waals surface area contributed by atoms with Crippen LogP contribution in [0, 0.1) is 0 Å². The molecule has 0 N–H and O–H groups in total. The van der Waals surface area contributed by atoms with Crippen molar-refractivity contribution in [3.05, 3.63) is 56.4 Å². The highest BCUT2D eigenvalue weighted by Crippen LogP contribution is 2.33. The topological polar surface area (TPSA) is 44.1 Å². The molecule has 4 rings (SSSR count). The maximum Gasteiger partial charge on any atom is 0.262 e. The Bertz CT molecular complexity index is 948. The fraction of sp³-hybridized carbons (Fsp3) is 0.333. The van der Waals surface area contributed by atoms with Crippen molar-refractivity contribution in [2.45, 2.75) is 32.2 Å². The van der Waals surface area contributed by atoms with Gasteiger partial charge in [-0.05, 0) is 43.4 Å². The van der Waals surface area contributed by atoms with Crippen molar-refractivity contribution in [2.24, 2.45) is 0 Å². The molecule has 1 aromatic carbocycles. The fourth-order valence-corrected chi connectivity index (χ4v) is 4.57. The van der Waals surface area contributed by atoms with E-state index in [9.17, 15) is 4.79 Å². The molecule has 0 radical (unpaired) electrons. The monoisotopic (exact) mass is 360 g/mol. The average molecular weight is 361 g/mol. The molecule has 0 unspecified atom stereocenters. The van der Waals surface area contributed by atoms with Crippen molar-refractivity contribution in [2.75, 3.05) is 6.61 Å². The summed E-state index contributed by atoms with van der Waals surface area (Å²) in [6.07, 6.45) is 6.06. The van der Waals surface area contributed by atoms with Crippen LogP contribution in [0.15, 0.2) is 35.4 Å². The van der Waals surface area contributed by atoms with Gasteiger partial charge in [0, 0.05) is 4.88 Å². The molecule has 0 aliphatic heterocycles. The normalized spacial score (nSPS) is 13.9. The van der Waals surface area contributed by atoms with Crippen LogP contribution in [0.3, 0.4) is 0 Å². The standard InChI is InChI=1S/C18H17ClN2O2S/c19-13-6-2-3-7-14(13)23-10-9-21-11-20-17-16(18(21)22)12-5-1-4-8-15(12)24-17/h2-3,6-7,11H,1,4-5,8-10H2. The van der Waals surface area contributed by atoms with Gasteiger partial charge in [0.1, 0.15) is 17.2 Å². The Labute approximate surface area is 148 Å². The summed E-state index contributed by atoms with van der Waals surface area (Å²) < 4.78 is 7.32. The van der Waals surface area contributed by atoms with Crippen molar-refractivity contribution in [1.29, 1.82) is 0 Å². The van der Waals surface area contributed by atoms with E-state index in [0.717, 1.165) is 29.5 Å². The van der Waals surface area contributed by atoms with Crippen molar-refractivity contribution in [3.8, 4) is 5.75 Å². The van der Waals surface area contributed by atoms with E-state index in [1.165, 1.54) is 16.9 Å². The molecular weight excluding hydrogens is 344 g/mol. The lowest BCUT2D eigenvalue weighted by molar-refractivity contribution is 0.296. The first kappa shape index (κ1) is 15.7. The molecule has 0 amide bonds. The van der Waals surface area contributed by atoms with E-state index >= 15 is 0 Å². The fourth-order valence-electron chi connectivity index (χ4n) is 3.16. The predicted molar refractivity (Wildman–Crippen MR) is 97.5 cm³/mol. The van der Waals surface area contributed by atoms with Gasteiger partial charge in [-0.1, -0.05) is 23.7 Å². The molecule has 1 aliphatic carbocycles. The Morgan fingerprint density at radius 1 is 1.25 bits per heavy atom. The van der Waals surface area contributed by atoms with Crippen LogP contribution >= 0.6 is 22.9 Å². The number of aryl methyl sites for hydroxylation is 2. The molecule has 4 nitrogen and oxygen atoms in total. The zero-order valence-corrected chi connectivity index (χ0v) is 14.7. The third-order valence-electron chi connectivity index (χ3n) is 4.37. The molecule has 0 bridgehead atoms. The van der Waals surface area contributed by atoms with Gasteiger partial charge in [0.2, 0.25) is 0 Å². The largest absolute Gasteiger partial charge is 0.490 e. The van der Waals surface area contributed by atoms with Crippen molar-refractivity contribution in [3.63, 3.8) is 0 Å². The first-order valence-electron chi connectivity index (χ1n) is 8.11. The van der Waals surface area contributed by atoms with E-state index in [1.807, 2.05) is 18.2 Å². The smallest absolute Gasteiger partial charge is 0.262 e. The van der Waals surface area contributed by atoms with Gasteiger partial charge < -0.3 is 4.74 Å². The summed E-state index contributed by atoms with van der Waals surface area (Å²) in [6.45, 7) is 0.834. The van der Waals surface area contributed by atoms with Crippen LogP contribution in [0.2, 0.25) is 5.02 Å². The lowest BCUT2D eigenvalue weighted by atomic mass is 9.97. The number of ether oxygens (including phenoxy) is 1. The van der Waals surface area contributed by atoms with Gasteiger partial charge in [-0.25, -0.2) is 4.98 Å². The minimum Gasteiger partial charge on any atom is -0.490 e. The Kier molecular flexibility index (Phi) is 4.29. The number of benzene rings is 1. The molecule has 0 fully saturated rings. The second-order valence-corrected chi connectivity index (χ2v) is 7.40. The van der Waals surface area contributed by atoms with Gasteiger partial charge >= 0.3 is 0 Å². The highest BCUT2D eigenvalue weighted by molar-refractivity contribution is 7.18. The number of nitrogens with zero attached hydrogens (tertiary/aromatic N) is 2. The van der Waals surface area contributed by atoms with E-state index in [-0.39, 0.29) is 5.56 Å². The van der Waals surface area contributed by atoms with Crippen LogP contribution in [0.1, 0.15) is 23.3 Å². The number of para-hydroxylation sites is 1. The molecule has 2 heterocycles. The van der Waals surface area contributed by atoms with E-state index in [0.29, 0.717) is 23.9 Å². The first-order chi connectivity index (χ1) is 11.7.